The van der Waals surface area contributed by atoms with Crippen LogP contribution in [0.2, 0.25) is 0 Å². The third-order valence-corrected chi connectivity index (χ3v) is 4.50. The minimum absolute atomic E-state index is 0.423. The molecule has 0 saturated carbocycles. The molecule has 0 aliphatic carbocycles. The first kappa shape index (κ1) is 21.6. The largest absolute Gasteiger partial charge is 0.490 e. The van der Waals surface area contributed by atoms with Crippen LogP contribution in [0, 0.1) is 18.3 Å². The van der Waals surface area contributed by atoms with Crippen molar-refractivity contribution in [1.29, 1.82) is 5.26 Å². The highest BCUT2D eigenvalue weighted by Gasteiger charge is 2.19. The first-order chi connectivity index (χ1) is 15.2. The number of amides is 1. The van der Waals surface area contributed by atoms with E-state index in [1.54, 1.807) is 24.3 Å². The van der Waals surface area contributed by atoms with Gasteiger partial charge in [0.25, 0.3) is 5.91 Å². The molecule has 3 aromatic carbocycles. The smallest absolute Gasteiger partial charge is 0.261 e. The number of benzene rings is 3. The number of ether oxygens (including phenoxy) is 2. The standard InChI is InChI=1S/C25H23N3O3/c1-19-7-5-6-10-24(19)31-16-15-30-22-13-11-20(12-14-22)18-27-28-25(29)23(17-26)21-8-3-2-4-9-21/h2-14,18,23H,15-16H2,1H3,(H,28,29)/b27-18-/t23-/m1/s1. The summed E-state index contributed by atoms with van der Waals surface area (Å²) in [7, 11) is 0. The number of nitrogens with one attached hydrogen (secondary N) is 1. The molecule has 0 heterocycles. The van der Waals surface area contributed by atoms with Crippen LogP contribution in [-0.4, -0.2) is 25.3 Å². The fraction of sp³-hybridized carbons (Fsp3) is 0.160. The molecule has 3 aromatic rings. The van der Waals surface area contributed by atoms with E-state index in [-0.39, 0.29) is 0 Å². The Morgan fingerprint density at radius 2 is 1.68 bits per heavy atom. The van der Waals surface area contributed by atoms with E-state index in [0.717, 1.165) is 16.9 Å². The van der Waals surface area contributed by atoms with Crippen molar-refractivity contribution >= 4 is 12.1 Å². The van der Waals surface area contributed by atoms with Crippen molar-refractivity contribution in [2.75, 3.05) is 13.2 Å². The van der Waals surface area contributed by atoms with Crippen molar-refractivity contribution in [3.05, 3.63) is 95.6 Å². The van der Waals surface area contributed by atoms with Crippen molar-refractivity contribution in [1.82, 2.24) is 5.43 Å². The molecule has 156 valence electrons. The normalized spacial score (nSPS) is 11.5. The minimum Gasteiger partial charge on any atom is -0.490 e. The molecule has 0 radical (unpaired) electrons. The van der Waals surface area contributed by atoms with E-state index in [0.29, 0.717) is 24.5 Å². The van der Waals surface area contributed by atoms with E-state index in [4.69, 9.17) is 9.47 Å². The van der Waals surface area contributed by atoms with Crippen molar-refractivity contribution in [3.63, 3.8) is 0 Å². The maximum atomic E-state index is 12.2. The molecule has 0 bridgehead atoms. The zero-order chi connectivity index (χ0) is 21.9. The lowest BCUT2D eigenvalue weighted by molar-refractivity contribution is -0.121. The number of hydrogen-bond donors (Lipinski definition) is 1. The molecule has 1 N–H and O–H groups in total. The molecule has 6 heteroatoms. The van der Waals surface area contributed by atoms with Crippen LogP contribution in [0.3, 0.4) is 0 Å². The van der Waals surface area contributed by atoms with E-state index in [1.165, 1.54) is 6.21 Å². The summed E-state index contributed by atoms with van der Waals surface area (Å²) in [6.07, 6.45) is 1.52. The maximum absolute atomic E-state index is 12.2. The summed E-state index contributed by atoms with van der Waals surface area (Å²) >= 11 is 0. The predicted molar refractivity (Wildman–Crippen MR) is 119 cm³/mol. The summed E-state index contributed by atoms with van der Waals surface area (Å²) in [4.78, 5) is 12.2. The van der Waals surface area contributed by atoms with Gasteiger partial charge in [0, 0.05) is 0 Å². The minimum atomic E-state index is -0.906. The zero-order valence-electron chi connectivity index (χ0n) is 17.2. The molecular weight excluding hydrogens is 390 g/mol. The molecule has 0 spiro atoms. The Labute approximate surface area is 181 Å². The van der Waals surface area contributed by atoms with Crippen molar-refractivity contribution in [2.24, 2.45) is 5.10 Å². The number of rotatable bonds is 9. The third kappa shape index (κ3) is 6.44. The Balaban J connectivity index is 1.44. The quantitative estimate of drug-likeness (QED) is 0.324. The van der Waals surface area contributed by atoms with Gasteiger partial charge in [-0.3, -0.25) is 4.79 Å². The van der Waals surface area contributed by atoms with Crippen molar-refractivity contribution < 1.29 is 14.3 Å². The number of hydrazone groups is 1. The monoisotopic (exact) mass is 413 g/mol. The average molecular weight is 413 g/mol. The molecule has 0 saturated heterocycles. The van der Waals surface area contributed by atoms with Crippen molar-refractivity contribution in [3.8, 4) is 17.6 Å². The van der Waals surface area contributed by atoms with E-state index in [2.05, 4.69) is 10.5 Å². The van der Waals surface area contributed by atoms with E-state index >= 15 is 0 Å². The fourth-order valence-electron chi connectivity index (χ4n) is 2.84. The Hall–Kier alpha value is -4.11. The topological polar surface area (TPSA) is 83.7 Å². The molecule has 3 rings (SSSR count). The van der Waals surface area contributed by atoms with Gasteiger partial charge in [-0.25, -0.2) is 5.43 Å². The highest BCUT2D eigenvalue weighted by molar-refractivity contribution is 5.88. The van der Waals surface area contributed by atoms with Gasteiger partial charge >= 0.3 is 0 Å². The van der Waals surface area contributed by atoms with Gasteiger partial charge in [0.1, 0.15) is 24.7 Å². The number of carbonyl (C=O) groups is 1. The lowest BCUT2D eigenvalue weighted by Crippen LogP contribution is -2.24. The number of carbonyl (C=O) groups excluding carboxylic acids is 1. The van der Waals surface area contributed by atoms with Crippen LogP contribution >= 0.6 is 0 Å². The number of para-hydroxylation sites is 1. The number of hydrogen-bond acceptors (Lipinski definition) is 5. The van der Waals surface area contributed by atoms with Crippen LogP contribution in [-0.2, 0) is 4.79 Å². The molecule has 0 aliphatic heterocycles. The van der Waals surface area contributed by atoms with E-state index < -0.39 is 11.8 Å². The second-order valence-corrected chi connectivity index (χ2v) is 6.74. The molecule has 6 nitrogen and oxygen atoms in total. The van der Waals surface area contributed by atoms with Gasteiger partial charge < -0.3 is 9.47 Å². The molecular formula is C25H23N3O3. The van der Waals surface area contributed by atoms with E-state index in [9.17, 15) is 10.1 Å². The first-order valence-electron chi connectivity index (χ1n) is 9.86. The van der Waals surface area contributed by atoms with Crippen LogP contribution < -0.4 is 14.9 Å². The van der Waals surface area contributed by atoms with Gasteiger partial charge in [0.2, 0.25) is 0 Å². The second kappa shape index (κ2) is 11.2. The highest BCUT2D eigenvalue weighted by Crippen LogP contribution is 2.17. The van der Waals surface area contributed by atoms with Crippen LogP contribution in [0.4, 0.5) is 0 Å². The molecule has 0 unspecified atom stereocenters. The van der Waals surface area contributed by atoms with Crippen LogP contribution in [0.15, 0.2) is 84.0 Å². The Morgan fingerprint density at radius 3 is 2.39 bits per heavy atom. The third-order valence-electron chi connectivity index (χ3n) is 4.50. The molecule has 1 atom stereocenters. The van der Waals surface area contributed by atoms with Crippen LogP contribution in [0.25, 0.3) is 0 Å². The maximum Gasteiger partial charge on any atom is 0.261 e. The van der Waals surface area contributed by atoms with Gasteiger partial charge in [-0.2, -0.15) is 10.4 Å². The van der Waals surface area contributed by atoms with Crippen LogP contribution in [0.5, 0.6) is 11.5 Å². The average Bonchev–Trinajstić information content (AvgIpc) is 2.80. The Bertz CT molecular complexity index is 1060. The zero-order valence-corrected chi connectivity index (χ0v) is 17.2. The summed E-state index contributed by atoms with van der Waals surface area (Å²) < 4.78 is 11.4. The van der Waals surface area contributed by atoms with Gasteiger partial charge in [-0.05, 0) is 53.9 Å². The predicted octanol–water partition coefficient (Wildman–Crippen LogP) is 4.21. The Morgan fingerprint density at radius 1 is 1.00 bits per heavy atom. The molecule has 0 fully saturated rings. The lowest BCUT2D eigenvalue weighted by Gasteiger charge is -2.10. The molecule has 31 heavy (non-hydrogen) atoms. The number of nitrogens with zero attached hydrogens (tertiary/aromatic N) is 2. The van der Waals surface area contributed by atoms with Crippen molar-refractivity contribution in [2.45, 2.75) is 12.8 Å². The second-order valence-electron chi connectivity index (χ2n) is 6.74. The molecule has 1 amide bonds. The van der Waals surface area contributed by atoms with Gasteiger partial charge in [-0.1, -0.05) is 48.5 Å². The first-order valence-corrected chi connectivity index (χ1v) is 9.86. The lowest BCUT2D eigenvalue weighted by atomic mass is 10.0. The SMILES string of the molecule is Cc1ccccc1OCCOc1ccc(/C=N\NC(=O)[C@H](C#N)c2ccccc2)cc1. The van der Waals surface area contributed by atoms with Gasteiger partial charge in [0.05, 0.1) is 12.3 Å². The van der Waals surface area contributed by atoms with E-state index in [1.807, 2.05) is 67.6 Å². The summed E-state index contributed by atoms with van der Waals surface area (Å²) in [6, 6.07) is 26.0. The molecule has 0 aliphatic rings. The van der Waals surface area contributed by atoms with Gasteiger partial charge in [-0.15, -0.1) is 0 Å². The highest BCUT2D eigenvalue weighted by atomic mass is 16.5. The Kier molecular flexibility index (Phi) is 7.78. The number of nitriles is 1. The summed E-state index contributed by atoms with van der Waals surface area (Å²) in [5, 5.41) is 13.2. The molecule has 0 aromatic heterocycles. The fourth-order valence-corrected chi connectivity index (χ4v) is 2.84. The summed E-state index contributed by atoms with van der Waals surface area (Å²) in [5.41, 5.74) is 4.92. The van der Waals surface area contributed by atoms with Gasteiger partial charge in [0.15, 0.2) is 5.92 Å². The number of aryl methyl sites for hydroxylation is 1. The summed E-state index contributed by atoms with van der Waals surface area (Å²) in [5.74, 6) is 0.184. The van der Waals surface area contributed by atoms with Crippen LogP contribution in [0.1, 0.15) is 22.6 Å². The summed E-state index contributed by atoms with van der Waals surface area (Å²) in [6.45, 7) is 2.87.